The van der Waals surface area contributed by atoms with Crippen LogP contribution in [0.25, 0.3) is 0 Å². The molecule has 0 amide bonds. The number of ether oxygens (including phenoxy) is 1. The maximum Gasteiger partial charge on any atom is 0.180 e. The molecule has 0 radical (unpaired) electrons. The SMILES string of the molecule is O=S1(=O)CC(Sc2ccccc2OCCCO)c2ccccc21. The normalized spacial score (nSPS) is 18.6. The third-order valence-corrected chi connectivity index (χ3v) is 6.97. The van der Waals surface area contributed by atoms with Crippen LogP contribution in [0.1, 0.15) is 17.2 Å². The minimum absolute atomic E-state index is 0.0869. The van der Waals surface area contributed by atoms with Crippen LogP contribution in [0.3, 0.4) is 0 Å². The zero-order chi connectivity index (χ0) is 16.3. The van der Waals surface area contributed by atoms with E-state index in [0.29, 0.717) is 17.9 Å². The number of sulfone groups is 1. The van der Waals surface area contributed by atoms with Crippen molar-refractivity contribution < 1.29 is 18.3 Å². The molecule has 6 heteroatoms. The lowest BCUT2D eigenvalue weighted by atomic mass is 10.2. The highest BCUT2D eigenvalue weighted by molar-refractivity contribution is 8.01. The number of hydrogen-bond acceptors (Lipinski definition) is 5. The van der Waals surface area contributed by atoms with E-state index in [0.717, 1.165) is 16.2 Å². The van der Waals surface area contributed by atoms with E-state index in [9.17, 15) is 8.42 Å². The Bertz CT molecular complexity index is 787. The average molecular weight is 350 g/mol. The lowest BCUT2D eigenvalue weighted by Gasteiger charge is -2.14. The Kier molecular flexibility index (Phi) is 4.94. The van der Waals surface area contributed by atoms with Crippen LogP contribution in [0, 0.1) is 0 Å². The van der Waals surface area contributed by atoms with Crippen LogP contribution in [-0.2, 0) is 9.84 Å². The van der Waals surface area contributed by atoms with Crippen molar-refractivity contribution in [3.8, 4) is 5.75 Å². The minimum Gasteiger partial charge on any atom is -0.492 e. The summed E-state index contributed by atoms with van der Waals surface area (Å²) in [5.41, 5.74) is 0.864. The molecule has 1 aliphatic heterocycles. The van der Waals surface area contributed by atoms with Crippen molar-refractivity contribution in [2.45, 2.75) is 21.5 Å². The Morgan fingerprint density at radius 1 is 1.13 bits per heavy atom. The third kappa shape index (κ3) is 3.54. The predicted molar refractivity (Wildman–Crippen MR) is 90.7 cm³/mol. The molecule has 1 heterocycles. The van der Waals surface area contributed by atoms with Crippen molar-refractivity contribution in [2.24, 2.45) is 0 Å². The van der Waals surface area contributed by atoms with Crippen LogP contribution in [0.2, 0.25) is 0 Å². The van der Waals surface area contributed by atoms with E-state index in [2.05, 4.69) is 0 Å². The standard InChI is InChI=1S/C17H18O4S2/c18-10-5-11-21-14-7-2-3-8-15(14)22-16-12-23(19,20)17-9-4-1-6-13(16)17/h1-4,6-9,16,18H,5,10-12H2. The highest BCUT2D eigenvalue weighted by Crippen LogP contribution is 2.47. The van der Waals surface area contributed by atoms with Gasteiger partial charge >= 0.3 is 0 Å². The first-order valence-corrected chi connectivity index (χ1v) is 9.96. The number of hydrogen-bond donors (Lipinski definition) is 1. The molecule has 1 atom stereocenters. The zero-order valence-corrected chi connectivity index (χ0v) is 14.1. The number of fused-ring (bicyclic) bond motifs is 1. The number of aliphatic hydroxyl groups excluding tert-OH is 1. The number of benzene rings is 2. The van der Waals surface area contributed by atoms with E-state index < -0.39 is 9.84 Å². The van der Waals surface area contributed by atoms with E-state index in [-0.39, 0.29) is 17.6 Å². The summed E-state index contributed by atoms with van der Waals surface area (Å²) in [6, 6.07) is 14.8. The molecule has 0 saturated heterocycles. The van der Waals surface area contributed by atoms with Crippen molar-refractivity contribution in [1.82, 2.24) is 0 Å². The van der Waals surface area contributed by atoms with Crippen molar-refractivity contribution in [2.75, 3.05) is 19.0 Å². The fourth-order valence-electron chi connectivity index (χ4n) is 2.57. The van der Waals surface area contributed by atoms with Gasteiger partial charge in [0.1, 0.15) is 5.75 Å². The quantitative estimate of drug-likeness (QED) is 0.811. The van der Waals surface area contributed by atoms with E-state index in [1.165, 1.54) is 11.8 Å². The maximum atomic E-state index is 12.3. The van der Waals surface area contributed by atoms with Gasteiger partial charge in [0, 0.05) is 17.9 Å². The fourth-order valence-corrected chi connectivity index (χ4v) is 6.11. The molecule has 1 aliphatic rings. The number of aliphatic hydroxyl groups is 1. The largest absolute Gasteiger partial charge is 0.492 e. The summed E-state index contributed by atoms with van der Waals surface area (Å²) in [5, 5.41) is 8.73. The molecule has 122 valence electrons. The summed E-state index contributed by atoms with van der Waals surface area (Å²) in [6.07, 6.45) is 0.569. The molecule has 2 aromatic rings. The van der Waals surface area contributed by atoms with Crippen molar-refractivity contribution in [3.05, 3.63) is 54.1 Å². The van der Waals surface area contributed by atoms with Gasteiger partial charge in [0.2, 0.25) is 0 Å². The monoisotopic (exact) mass is 350 g/mol. The first kappa shape index (κ1) is 16.4. The van der Waals surface area contributed by atoms with Gasteiger partial charge in [0.05, 0.1) is 22.5 Å². The first-order valence-electron chi connectivity index (χ1n) is 7.43. The van der Waals surface area contributed by atoms with E-state index in [1.54, 1.807) is 12.1 Å². The summed E-state index contributed by atoms with van der Waals surface area (Å²) < 4.78 is 30.3. The minimum atomic E-state index is -3.20. The Morgan fingerprint density at radius 3 is 2.70 bits per heavy atom. The summed E-state index contributed by atoms with van der Waals surface area (Å²) in [6.45, 7) is 0.525. The van der Waals surface area contributed by atoms with Gasteiger partial charge in [-0.15, -0.1) is 11.8 Å². The van der Waals surface area contributed by atoms with Crippen LogP contribution < -0.4 is 4.74 Å². The fraction of sp³-hybridized carbons (Fsp3) is 0.294. The first-order chi connectivity index (χ1) is 11.1. The van der Waals surface area contributed by atoms with Crippen molar-refractivity contribution in [3.63, 3.8) is 0 Å². The average Bonchev–Trinajstić information content (AvgIpc) is 2.81. The molecular weight excluding hydrogens is 332 g/mol. The maximum absolute atomic E-state index is 12.3. The molecule has 0 aromatic heterocycles. The Balaban J connectivity index is 1.84. The highest BCUT2D eigenvalue weighted by Gasteiger charge is 2.35. The Hall–Kier alpha value is -1.50. The molecule has 3 rings (SSSR count). The van der Waals surface area contributed by atoms with E-state index in [4.69, 9.17) is 9.84 Å². The molecule has 2 aromatic carbocycles. The number of rotatable bonds is 6. The smallest absolute Gasteiger partial charge is 0.180 e. The molecular formula is C17H18O4S2. The number of para-hydroxylation sites is 1. The predicted octanol–water partition coefficient (Wildman–Crippen LogP) is 3.07. The van der Waals surface area contributed by atoms with Gasteiger partial charge < -0.3 is 9.84 Å². The second-order valence-electron chi connectivity index (χ2n) is 5.30. The van der Waals surface area contributed by atoms with Gasteiger partial charge in [-0.1, -0.05) is 30.3 Å². The second kappa shape index (κ2) is 6.95. The molecule has 0 bridgehead atoms. The molecule has 23 heavy (non-hydrogen) atoms. The summed E-state index contributed by atoms with van der Waals surface area (Å²) >= 11 is 1.51. The topological polar surface area (TPSA) is 63.6 Å². The summed E-state index contributed by atoms with van der Waals surface area (Å²) in [4.78, 5) is 1.36. The van der Waals surface area contributed by atoms with Gasteiger partial charge in [-0.3, -0.25) is 0 Å². The van der Waals surface area contributed by atoms with Crippen LogP contribution >= 0.6 is 11.8 Å². The van der Waals surface area contributed by atoms with Gasteiger partial charge in [0.25, 0.3) is 0 Å². The second-order valence-corrected chi connectivity index (χ2v) is 8.55. The van der Waals surface area contributed by atoms with Crippen LogP contribution in [0.15, 0.2) is 58.3 Å². The summed E-state index contributed by atoms with van der Waals surface area (Å²) in [5.74, 6) is 0.842. The zero-order valence-electron chi connectivity index (χ0n) is 12.5. The molecule has 4 nitrogen and oxygen atoms in total. The van der Waals surface area contributed by atoms with Gasteiger partial charge in [-0.2, -0.15) is 0 Å². The van der Waals surface area contributed by atoms with Crippen LogP contribution in [-0.4, -0.2) is 32.5 Å². The highest BCUT2D eigenvalue weighted by atomic mass is 32.2. The Morgan fingerprint density at radius 2 is 1.87 bits per heavy atom. The van der Waals surface area contributed by atoms with Gasteiger partial charge in [-0.05, 0) is 23.8 Å². The molecule has 1 N–H and O–H groups in total. The third-order valence-electron chi connectivity index (χ3n) is 3.65. The molecule has 0 spiro atoms. The van der Waals surface area contributed by atoms with Gasteiger partial charge in [0.15, 0.2) is 9.84 Å². The molecule has 0 aliphatic carbocycles. The lowest BCUT2D eigenvalue weighted by Crippen LogP contribution is -2.03. The lowest BCUT2D eigenvalue weighted by molar-refractivity contribution is 0.231. The molecule has 1 unspecified atom stereocenters. The van der Waals surface area contributed by atoms with E-state index in [1.807, 2.05) is 36.4 Å². The van der Waals surface area contributed by atoms with E-state index >= 15 is 0 Å². The van der Waals surface area contributed by atoms with Crippen molar-refractivity contribution in [1.29, 1.82) is 0 Å². The number of thioether (sulfide) groups is 1. The summed E-state index contributed by atoms with van der Waals surface area (Å²) in [7, 11) is -3.20. The Labute approximate surface area is 140 Å². The van der Waals surface area contributed by atoms with Crippen LogP contribution in [0.5, 0.6) is 5.75 Å². The molecule has 0 saturated carbocycles. The van der Waals surface area contributed by atoms with Gasteiger partial charge in [-0.25, -0.2) is 8.42 Å². The molecule has 0 fully saturated rings. The van der Waals surface area contributed by atoms with Crippen molar-refractivity contribution >= 4 is 21.6 Å². The van der Waals surface area contributed by atoms with Crippen LogP contribution in [0.4, 0.5) is 0 Å².